The Kier molecular flexibility index (Phi) is 2.34. The monoisotopic (exact) mass is 176 g/mol. The van der Waals surface area contributed by atoms with Crippen LogP contribution in [0.2, 0.25) is 0 Å². The normalized spacial score (nSPS) is 17.5. The molecule has 0 atom stereocenters. The van der Waals surface area contributed by atoms with Crippen molar-refractivity contribution in [2.75, 3.05) is 0 Å². The Morgan fingerprint density at radius 3 is 2.85 bits per heavy atom. The van der Waals surface area contributed by atoms with Gasteiger partial charge in [0.05, 0.1) is 0 Å². The molecule has 0 aliphatic heterocycles. The van der Waals surface area contributed by atoms with Gasteiger partial charge in [0.25, 0.3) is 0 Å². The first-order valence-electron chi connectivity index (χ1n) is 4.68. The van der Waals surface area contributed by atoms with Crippen molar-refractivity contribution < 1.29 is 4.79 Å². The van der Waals surface area contributed by atoms with Crippen molar-refractivity contribution in [2.24, 2.45) is 0 Å². The van der Waals surface area contributed by atoms with Crippen molar-refractivity contribution >= 4 is 6.29 Å². The molecule has 0 N–H and O–H groups in total. The Balaban J connectivity index is 2.23. The fraction of sp³-hybridized carbons (Fsp3) is 0.500. The third kappa shape index (κ3) is 1.74. The maximum absolute atomic E-state index is 10.4. The van der Waals surface area contributed by atoms with Crippen molar-refractivity contribution in [3.8, 4) is 0 Å². The molecule has 3 heteroatoms. The second-order valence-corrected chi connectivity index (χ2v) is 3.44. The quantitative estimate of drug-likeness (QED) is 0.647. The fourth-order valence-electron chi connectivity index (χ4n) is 1.89. The molecule has 1 saturated carbocycles. The summed E-state index contributed by atoms with van der Waals surface area (Å²) in [5.74, 6) is 0.867. The van der Waals surface area contributed by atoms with Crippen LogP contribution >= 0.6 is 0 Å². The number of hydrogen-bond acceptors (Lipinski definition) is 3. The molecule has 1 aliphatic carbocycles. The minimum Gasteiger partial charge on any atom is -0.294 e. The van der Waals surface area contributed by atoms with Crippen molar-refractivity contribution in [3.63, 3.8) is 0 Å². The van der Waals surface area contributed by atoms with Gasteiger partial charge in [0.1, 0.15) is 0 Å². The van der Waals surface area contributed by atoms with E-state index in [9.17, 15) is 4.79 Å². The van der Waals surface area contributed by atoms with Gasteiger partial charge in [-0.2, -0.15) is 0 Å². The van der Waals surface area contributed by atoms with Crippen LogP contribution in [0.15, 0.2) is 12.3 Å². The summed E-state index contributed by atoms with van der Waals surface area (Å²) in [4.78, 5) is 18.5. The van der Waals surface area contributed by atoms with Crippen LogP contribution in [0.4, 0.5) is 0 Å². The van der Waals surface area contributed by atoms with E-state index in [4.69, 9.17) is 0 Å². The largest absolute Gasteiger partial charge is 0.294 e. The van der Waals surface area contributed by atoms with E-state index in [1.807, 2.05) is 6.07 Å². The first kappa shape index (κ1) is 8.35. The molecule has 2 rings (SSSR count). The van der Waals surface area contributed by atoms with Crippen LogP contribution in [-0.2, 0) is 0 Å². The summed E-state index contributed by atoms with van der Waals surface area (Å²) in [5.41, 5.74) is 1.04. The minimum atomic E-state index is 0.310. The second-order valence-electron chi connectivity index (χ2n) is 3.44. The summed E-state index contributed by atoms with van der Waals surface area (Å²) in [5, 5.41) is 0. The maximum Gasteiger partial charge on any atom is 0.192 e. The van der Waals surface area contributed by atoms with Gasteiger partial charge in [-0.1, -0.05) is 12.8 Å². The number of hydrogen-bond donors (Lipinski definition) is 0. The summed E-state index contributed by atoms with van der Waals surface area (Å²) in [7, 11) is 0. The van der Waals surface area contributed by atoms with Crippen LogP contribution in [0.5, 0.6) is 0 Å². The lowest BCUT2D eigenvalue weighted by atomic mass is 10.0. The van der Waals surface area contributed by atoms with Crippen LogP contribution in [0, 0.1) is 0 Å². The number of rotatable bonds is 2. The Labute approximate surface area is 77.2 Å². The summed E-state index contributed by atoms with van der Waals surface area (Å²) in [6, 6.07) is 1.92. The van der Waals surface area contributed by atoms with Crippen molar-refractivity contribution in [3.05, 3.63) is 23.8 Å². The van der Waals surface area contributed by atoms with Crippen molar-refractivity contribution in [2.45, 2.75) is 31.6 Å². The predicted molar refractivity (Wildman–Crippen MR) is 48.6 cm³/mol. The molecule has 1 heterocycles. The van der Waals surface area contributed by atoms with Crippen LogP contribution in [0.1, 0.15) is 47.9 Å². The lowest BCUT2D eigenvalue weighted by Crippen LogP contribution is -2.00. The van der Waals surface area contributed by atoms with Gasteiger partial charge in [-0.25, -0.2) is 9.97 Å². The molecule has 0 saturated heterocycles. The highest BCUT2D eigenvalue weighted by Crippen LogP contribution is 2.32. The number of carbonyl (C=O) groups excluding carboxylic acids is 1. The lowest BCUT2D eigenvalue weighted by molar-refractivity contribution is 0.111. The highest BCUT2D eigenvalue weighted by molar-refractivity contribution is 5.68. The third-order valence-corrected chi connectivity index (χ3v) is 2.57. The van der Waals surface area contributed by atoms with Crippen molar-refractivity contribution in [1.29, 1.82) is 0 Å². The predicted octanol–water partition coefficient (Wildman–Crippen LogP) is 1.95. The molecule has 0 aromatic carbocycles. The molecule has 0 spiro atoms. The molecular formula is C10H12N2O. The SMILES string of the molecule is O=Cc1nccc(C2CCCC2)n1. The van der Waals surface area contributed by atoms with Gasteiger partial charge in [0.2, 0.25) is 0 Å². The Hall–Kier alpha value is -1.25. The van der Waals surface area contributed by atoms with E-state index in [1.54, 1.807) is 6.20 Å². The molecule has 0 unspecified atom stereocenters. The fourth-order valence-corrected chi connectivity index (χ4v) is 1.89. The molecule has 3 nitrogen and oxygen atoms in total. The Morgan fingerprint density at radius 1 is 1.38 bits per heavy atom. The zero-order valence-corrected chi connectivity index (χ0v) is 7.44. The average Bonchev–Trinajstić information content (AvgIpc) is 2.71. The van der Waals surface area contributed by atoms with E-state index in [-0.39, 0.29) is 0 Å². The highest BCUT2D eigenvalue weighted by Gasteiger charge is 2.18. The molecule has 13 heavy (non-hydrogen) atoms. The van der Waals surface area contributed by atoms with E-state index in [0.717, 1.165) is 5.69 Å². The van der Waals surface area contributed by atoms with E-state index in [1.165, 1.54) is 25.7 Å². The molecular weight excluding hydrogens is 164 g/mol. The molecule has 1 fully saturated rings. The van der Waals surface area contributed by atoms with Gasteiger partial charge in [-0.05, 0) is 18.9 Å². The standard InChI is InChI=1S/C10H12N2O/c13-7-10-11-6-5-9(12-10)8-3-1-2-4-8/h5-8H,1-4H2. The molecule has 0 bridgehead atoms. The first-order valence-corrected chi connectivity index (χ1v) is 4.68. The topological polar surface area (TPSA) is 42.9 Å². The maximum atomic E-state index is 10.4. The molecule has 0 radical (unpaired) electrons. The number of nitrogens with zero attached hydrogens (tertiary/aromatic N) is 2. The third-order valence-electron chi connectivity index (χ3n) is 2.57. The number of aldehydes is 1. The van der Waals surface area contributed by atoms with Crippen LogP contribution in [0.3, 0.4) is 0 Å². The lowest BCUT2D eigenvalue weighted by Gasteiger charge is -2.06. The molecule has 0 amide bonds. The molecule has 1 aliphatic rings. The van der Waals surface area contributed by atoms with Gasteiger partial charge >= 0.3 is 0 Å². The summed E-state index contributed by atoms with van der Waals surface area (Å²) < 4.78 is 0. The highest BCUT2D eigenvalue weighted by atomic mass is 16.1. The molecule has 1 aromatic heterocycles. The smallest absolute Gasteiger partial charge is 0.192 e. The van der Waals surface area contributed by atoms with Gasteiger partial charge < -0.3 is 0 Å². The van der Waals surface area contributed by atoms with E-state index >= 15 is 0 Å². The Morgan fingerprint density at radius 2 is 2.15 bits per heavy atom. The zero-order valence-electron chi connectivity index (χ0n) is 7.44. The second kappa shape index (κ2) is 3.64. The van der Waals surface area contributed by atoms with E-state index < -0.39 is 0 Å². The molecule has 68 valence electrons. The number of carbonyl (C=O) groups is 1. The van der Waals surface area contributed by atoms with Crippen LogP contribution in [0.25, 0.3) is 0 Å². The number of aromatic nitrogens is 2. The summed E-state index contributed by atoms with van der Waals surface area (Å²) in [6.07, 6.45) is 7.35. The van der Waals surface area contributed by atoms with Gasteiger partial charge in [0.15, 0.2) is 12.1 Å². The average molecular weight is 176 g/mol. The van der Waals surface area contributed by atoms with Crippen LogP contribution in [-0.4, -0.2) is 16.3 Å². The van der Waals surface area contributed by atoms with E-state index in [2.05, 4.69) is 9.97 Å². The summed E-state index contributed by atoms with van der Waals surface area (Å²) >= 11 is 0. The first-order chi connectivity index (χ1) is 6.40. The van der Waals surface area contributed by atoms with Gasteiger partial charge in [-0.3, -0.25) is 4.79 Å². The van der Waals surface area contributed by atoms with Crippen molar-refractivity contribution in [1.82, 2.24) is 9.97 Å². The molecule has 1 aromatic rings. The minimum absolute atomic E-state index is 0.310. The Bertz CT molecular complexity index is 306. The summed E-state index contributed by atoms with van der Waals surface area (Å²) in [6.45, 7) is 0. The zero-order chi connectivity index (χ0) is 9.10. The van der Waals surface area contributed by atoms with Gasteiger partial charge in [-0.15, -0.1) is 0 Å². The van der Waals surface area contributed by atoms with E-state index in [0.29, 0.717) is 18.0 Å². The van der Waals surface area contributed by atoms with Gasteiger partial charge in [0, 0.05) is 17.8 Å². The van der Waals surface area contributed by atoms with Crippen LogP contribution < -0.4 is 0 Å².